The molecule has 0 radical (unpaired) electrons. The van der Waals surface area contributed by atoms with Crippen molar-refractivity contribution in [1.82, 2.24) is 19.9 Å². The van der Waals surface area contributed by atoms with Crippen molar-refractivity contribution in [2.75, 3.05) is 11.9 Å². The highest BCUT2D eigenvalue weighted by Crippen LogP contribution is 2.33. The average Bonchev–Trinajstić information content (AvgIpc) is 3.42. The number of rotatable bonds is 6. The zero-order valence-electron chi connectivity index (χ0n) is 20.0. The Labute approximate surface area is 221 Å². The van der Waals surface area contributed by atoms with Crippen LogP contribution in [0.1, 0.15) is 10.4 Å². The number of aryl methyl sites for hydroxylation is 1. The summed E-state index contributed by atoms with van der Waals surface area (Å²) in [7, 11) is 1.71. The lowest BCUT2D eigenvalue weighted by Gasteiger charge is -2.40. The number of nitrogens with one attached hydrogen (secondary N) is 2. The summed E-state index contributed by atoms with van der Waals surface area (Å²) >= 11 is 1.10. The van der Waals surface area contributed by atoms with E-state index in [0.29, 0.717) is 32.3 Å². The lowest BCUT2D eigenvalue weighted by molar-refractivity contribution is -0.274. The number of aromatic nitrogens is 3. The Balaban J connectivity index is 1.34. The fourth-order valence-electron chi connectivity index (χ4n) is 4.19. The van der Waals surface area contributed by atoms with Gasteiger partial charge in [0.05, 0.1) is 27.9 Å². The molecule has 39 heavy (non-hydrogen) atoms. The van der Waals surface area contributed by atoms with Crippen molar-refractivity contribution in [2.45, 2.75) is 37.0 Å². The average molecular weight is 570 g/mol. The number of aliphatic hydroxyl groups is 4. The second-order valence-electron chi connectivity index (χ2n) is 8.75. The van der Waals surface area contributed by atoms with Gasteiger partial charge in [0, 0.05) is 18.7 Å². The Bertz CT molecular complexity index is 1530. The van der Waals surface area contributed by atoms with E-state index in [1.165, 1.54) is 30.3 Å². The molecule has 4 aromatic rings. The first kappa shape index (κ1) is 27.0. The quantitative estimate of drug-likeness (QED) is 0.199. The van der Waals surface area contributed by atoms with Crippen molar-refractivity contribution in [3.05, 3.63) is 42.0 Å². The number of carbonyl (C=O) groups is 1. The molecule has 0 bridgehead atoms. The van der Waals surface area contributed by atoms with Gasteiger partial charge in [0.15, 0.2) is 11.4 Å². The monoisotopic (exact) mass is 569 g/mol. The molecule has 0 saturated carbocycles. The first-order chi connectivity index (χ1) is 18.4. The highest BCUT2D eigenvalue weighted by molar-refractivity contribution is 7.22. The lowest BCUT2D eigenvalue weighted by Crippen LogP contribution is -2.64. The van der Waals surface area contributed by atoms with Gasteiger partial charge in [0.1, 0.15) is 30.1 Å². The molecule has 3 heterocycles. The minimum Gasteiger partial charge on any atom is -0.406 e. The number of imidazole rings is 1. The number of carbonyl (C=O) groups excluding carboxylic acids is 1. The van der Waals surface area contributed by atoms with Crippen LogP contribution in [-0.4, -0.2) is 84.5 Å². The molecular formula is C23H22F3N5O7S. The van der Waals surface area contributed by atoms with Gasteiger partial charge in [0.25, 0.3) is 5.91 Å². The molecular weight excluding hydrogens is 547 g/mol. The molecule has 16 heteroatoms. The van der Waals surface area contributed by atoms with Crippen molar-refractivity contribution in [2.24, 2.45) is 7.05 Å². The zero-order chi connectivity index (χ0) is 28.1. The number of anilines is 2. The second kappa shape index (κ2) is 10.2. The van der Waals surface area contributed by atoms with Crippen LogP contribution in [0.2, 0.25) is 0 Å². The van der Waals surface area contributed by atoms with Crippen LogP contribution in [0.5, 0.6) is 5.75 Å². The second-order valence-corrected chi connectivity index (χ2v) is 9.78. The first-order valence-electron chi connectivity index (χ1n) is 11.4. The van der Waals surface area contributed by atoms with Crippen molar-refractivity contribution in [1.29, 1.82) is 0 Å². The van der Waals surface area contributed by atoms with E-state index in [-0.39, 0.29) is 11.3 Å². The van der Waals surface area contributed by atoms with Crippen LogP contribution in [-0.2, 0) is 11.8 Å². The summed E-state index contributed by atoms with van der Waals surface area (Å²) < 4.78 is 48.7. The number of nitrogens with zero attached hydrogens (tertiary/aromatic N) is 3. The van der Waals surface area contributed by atoms with Crippen molar-refractivity contribution >= 4 is 49.6 Å². The number of thiazole rings is 1. The molecule has 1 fully saturated rings. The van der Waals surface area contributed by atoms with Gasteiger partial charge in [-0.2, -0.15) is 0 Å². The Kier molecular flexibility index (Phi) is 7.08. The predicted octanol–water partition coefficient (Wildman–Crippen LogP) is 1.35. The summed E-state index contributed by atoms with van der Waals surface area (Å²) in [4.78, 5) is 21.7. The molecule has 1 amide bonds. The third kappa shape index (κ3) is 5.47. The minimum absolute atomic E-state index is 0.141. The van der Waals surface area contributed by atoms with Crippen LogP contribution in [0, 0.1) is 0 Å². The smallest absolute Gasteiger partial charge is 0.406 e. The Morgan fingerprint density at radius 2 is 1.90 bits per heavy atom. The number of fused-ring (bicyclic) bond motifs is 2. The van der Waals surface area contributed by atoms with E-state index in [0.717, 1.165) is 11.3 Å². The Hall–Kier alpha value is -3.54. The number of hydrogen-bond acceptors (Lipinski definition) is 11. The lowest BCUT2D eigenvalue weighted by atomic mass is 9.96. The SMILES string of the molecule is Cn1c(Nc2nc3ccc(OC(F)(F)F)cc3s2)nc2cc(C(=O)NC3[C@@H](O)[C@H](O)[C@@H](CO)O[C@@H]3O)ccc21. The van der Waals surface area contributed by atoms with Gasteiger partial charge in [-0.25, -0.2) is 9.97 Å². The summed E-state index contributed by atoms with van der Waals surface area (Å²) in [5.74, 6) is -0.694. The van der Waals surface area contributed by atoms with Gasteiger partial charge in [-0.15, -0.1) is 13.2 Å². The molecule has 1 unspecified atom stereocenters. The summed E-state index contributed by atoms with van der Waals surface area (Å²) in [5.41, 5.74) is 1.65. The zero-order valence-corrected chi connectivity index (χ0v) is 20.8. The maximum absolute atomic E-state index is 12.8. The van der Waals surface area contributed by atoms with Crippen LogP contribution in [0.15, 0.2) is 36.4 Å². The molecule has 0 spiro atoms. The molecule has 12 nitrogen and oxygen atoms in total. The highest BCUT2D eigenvalue weighted by Gasteiger charge is 2.44. The van der Waals surface area contributed by atoms with E-state index in [9.17, 15) is 38.4 Å². The van der Waals surface area contributed by atoms with Crippen LogP contribution in [0.25, 0.3) is 21.3 Å². The molecule has 1 aliphatic rings. The van der Waals surface area contributed by atoms with Gasteiger partial charge in [-0.05, 0) is 30.3 Å². The van der Waals surface area contributed by atoms with E-state index in [1.54, 1.807) is 17.7 Å². The summed E-state index contributed by atoms with van der Waals surface area (Å²) in [6, 6.07) is 7.06. The standard InChI is InChI=1S/C23H22F3N5O7S/c1-31-13-5-2-9(19(35)29-16-18(34)17(33)14(8-32)37-20(16)36)6-12(13)27-21(31)30-22-28-11-4-3-10(7-15(11)39-22)38-23(24,25)26/h2-7,14,16-18,20,32-34,36H,8H2,1H3,(H,29,35)(H,27,28,30)/t14-,16?,17-,18-,20+/m1/s1. The summed E-state index contributed by atoms with van der Waals surface area (Å²) in [6.07, 6.45) is -10.8. The van der Waals surface area contributed by atoms with E-state index in [2.05, 4.69) is 25.3 Å². The van der Waals surface area contributed by atoms with Gasteiger partial charge < -0.3 is 45.1 Å². The largest absolute Gasteiger partial charge is 0.573 e. The molecule has 6 N–H and O–H groups in total. The Morgan fingerprint density at radius 1 is 1.13 bits per heavy atom. The number of benzene rings is 2. The van der Waals surface area contributed by atoms with Crippen LogP contribution in [0.4, 0.5) is 24.3 Å². The van der Waals surface area contributed by atoms with Crippen molar-refractivity contribution < 1.29 is 47.9 Å². The number of ether oxygens (including phenoxy) is 2. The number of halogens is 3. The minimum atomic E-state index is -4.81. The normalized spacial score (nSPS) is 23.7. The van der Waals surface area contributed by atoms with Crippen molar-refractivity contribution in [3.8, 4) is 5.75 Å². The van der Waals surface area contributed by atoms with E-state index in [1.807, 2.05) is 0 Å². The number of hydrogen-bond donors (Lipinski definition) is 6. The topological polar surface area (TPSA) is 171 Å². The summed E-state index contributed by atoms with van der Waals surface area (Å²) in [6.45, 7) is -0.632. The fourth-order valence-corrected chi connectivity index (χ4v) is 5.08. The van der Waals surface area contributed by atoms with Crippen LogP contribution < -0.4 is 15.4 Å². The molecule has 208 valence electrons. The van der Waals surface area contributed by atoms with Gasteiger partial charge >= 0.3 is 6.36 Å². The third-order valence-electron chi connectivity index (χ3n) is 6.15. The molecule has 1 aliphatic heterocycles. The highest BCUT2D eigenvalue weighted by atomic mass is 32.1. The maximum Gasteiger partial charge on any atom is 0.573 e. The first-order valence-corrected chi connectivity index (χ1v) is 12.3. The van der Waals surface area contributed by atoms with Gasteiger partial charge in [0.2, 0.25) is 5.95 Å². The third-order valence-corrected chi connectivity index (χ3v) is 7.09. The van der Waals surface area contributed by atoms with Crippen LogP contribution in [0.3, 0.4) is 0 Å². The van der Waals surface area contributed by atoms with E-state index in [4.69, 9.17) is 4.74 Å². The molecule has 1 saturated heterocycles. The fraction of sp³-hybridized carbons (Fsp3) is 0.348. The summed E-state index contributed by atoms with van der Waals surface area (Å²) in [5, 5.41) is 45.4. The molecule has 0 aliphatic carbocycles. The maximum atomic E-state index is 12.8. The Morgan fingerprint density at radius 3 is 2.62 bits per heavy atom. The van der Waals surface area contributed by atoms with E-state index >= 15 is 0 Å². The van der Waals surface area contributed by atoms with Gasteiger partial charge in [-0.1, -0.05) is 11.3 Å². The number of aliphatic hydroxyl groups excluding tert-OH is 4. The predicted molar refractivity (Wildman–Crippen MR) is 132 cm³/mol. The molecule has 2 aromatic carbocycles. The van der Waals surface area contributed by atoms with Crippen LogP contribution >= 0.6 is 11.3 Å². The van der Waals surface area contributed by atoms with E-state index < -0.39 is 49.5 Å². The number of alkyl halides is 3. The molecule has 5 rings (SSSR count). The molecule has 5 atom stereocenters. The molecule has 2 aromatic heterocycles. The van der Waals surface area contributed by atoms with Crippen molar-refractivity contribution in [3.63, 3.8) is 0 Å². The number of amides is 1. The van der Waals surface area contributed by atoms with Gasteiger partial charge in [-0.3, -0.25) is 4.79 Å².